The summed E-state index contributed by atoms with van der Waals surface area (Å²) < 4.78 is 39.7. The van der Waals surface area contributed by atoms with E-state index in [-0.39, 0.29) is 24.8 Å². The summed E-state index contributed by atoms with van der Waals surface area (Å²) in [6.45, 7) is 4.74. The van der Waals surface area contributed by atoms with Crippen LogP contribution in [0.25, 0.3) is 0 Å². The second-order valence-corrected chi connectivity index (χ2v) is 9.21. The van der Waals surface area contributed by atoms with Crippen LogP contribution < -0.4 is 5.32 Å². The van der Waals surface area contributed by atoms with Crippen molar-refractivity contribution in [3.63, 3.8) is 0 Å². The second kappa shape index (κ2) is 11.7. The molecule has 1 N–H and O–H groups in total. The molecule has 1 fully saturated rings. The van der Waals surface area contributed by atoms with Crippen molar-refractivity contribution >= 4 is 23.4 Å². The third-order valence-corrected chi connectivity index (χ3v) is 6.32. The molecule has 1 aliphatic rings. The van der Waals surface area contributed by atoms with Gasteiger partial charge >= 0.3 is 6.18 Å². The number of hydrogen-bond donors (Lipinski definition) is 1. The number of nitrogens with zero attached hydrogens (tertiary/aromatic N) is 1. The van der Waals surface area contributed by atoms with Gasteiger partial charge in [0.15, 0.2) is 0 Å². The highest BCUT2D eigenvalue weighted by Gasteiger charge is 2.35. The van der Waals surface area contributed by atoms with E-state index >= 15 is 0 Å². The highest BCUT2D eigenvalue weighted by atomic mass is 35.5. The first-order chi connectivity index (χ1) is 15.6. The zero-order chi connectivity index (χ0) is 24.2. The molecule has 4 nitrogen and oxygen atoms in total. The fraction of sp³-hybridized carbons (Fsp3) is 0.462. The minimum atomic E-state index is -4.54. The van der Waals surface area contributed by atoms with Crippen molar-refractivity contribution in [2.45, 2.75) is 58.7 Å². The van der Waals surface area contributed by atoms with E-state index in [1.807, 2.05) is 38.1 Å². The standard InChI is InChI=1S/C25H28ClF3N2O2.CH4/c1-16(2)23(30-22(32)15-19-5-3-4-6-21(19)25(27,28)29)24(33)31-13-11-18(12-14-31)17-7-9-20(26)10-8-17;/h3-10,16,18,23H,11-15H2,1-2H3,(H,30,32);1H4/t23-;/m1./s1. The van der Waals surface area contributed by atoms with Crippen LogP contribution >= 0.6 is 11.6 Å². The first kappa shape index (κ1) is 27.7. The van der Waals surface area contributed by atoms with Crippen LogP contribution in [0.4, 0.5) is 13.2 Å². The first-order valence-corrected chi connectivity index (χ1v) is 11.4. The van der Waals surface area contributed by atoms with Crippen molar-refractivity contribution in [3.05, 3.63) is 70.2 Å². The highest BCUT2D eigenvalue weighted by Crippen LogP contribution is 2.32. The number of amides is 2. The summed E-state index contributed by atoms with van der Waals surface area (Å²) in [6, 6.07) is 11.9. The number of likely N-dealkylation sites (tertiary alicyclic amines) is 1. The summed E-state index contributed by atoms with van der Waals surface area (Å²) in [7, 11) is 0. The van der Waals surface area contributed by atoms with Crippen molar-refractivity contribution in [3.8, 4) is 0 Å². The molecule has 1 saturated heterocycles. The van der Waals surface area contributed by atoms with E-state index in [9.17, 15) is 22.8 Å². The zero-order valence-electron chi connectivity index (χ0n) is 18.7. The number of carbonyl (C=O) groups is 2. The van der Waals surface area contributed by atoms with Crippen LogP contribution in [0, 0.1) is 5.92 Å². The van der Waals surface area contributed by atoms with Crippen LogP contribution in [-0.2, 0) is 22.2 Å². The van der Waals surface area contributed by atoms with E-state index in [0.29, 0.717) is 24.0 Å². The summed E-state index contributed by atoms with van der Waals surface area (Å²) in [5.74, 6) is -0.669. The van der Waals surface area contributed by atoms with E-state index in [4.69, 9.17) is 11.6 Å². The normalized spacial score (nSPS) is 15.6. The molecule has 0 spiro atoms. The third kappa shape index (κ3) is 6.98. The van der Waals surface area contributed by atoms with Crippen LogP contribution in [0.1, 0.15) is 56.7 Å². The molecule has 0 radical (unpaired) electrons. The molecule has 186 valence electrons. The molecule has 0 aromatic heterocycles. The summed E-state index contributed by atoms with van der Waals surface area (Å²) in [5, 5.41) is 3.36. The Balaban J connectivity index is 0.00000408. The number of carbonyl (C=O) groups excluding carboxylic acids is 2. The number of rotatable bonds is 6. The van der Waals surface area contributed by atoms with Gasteiger partial charge in [-0.2, -0.15) is 13.2 Å². The Morgan fingerprint density at radius 1 is 1.06 bits per heavy atom. The molecule has 0 saturated carbocycles. The molecule has 1 heterocycles. The third-order valence-electron chi connectivity index (χ3n) is 6.07. The molecule has 3 rings (SSSR count). The van der Waals surface area contributed by atoms with E-state index in [2.05, 4.69) is 5.32 Å². The van der Waals surface area contributed by atoms with E-state index in [1.54, 1.807) is 4.90 Å². The SMILES string of the molecule is C.CC(C)[C@@H](NC(=O)Cc1ccccc1C(F)(F)F)C(=O)N1CCC(c2ccc(Cl)cc2)CC1. The van der Waals surface area contributed by atoms with Crippen LogP contribution in [0.5, 0.6) is 0 Å². The minimum absolute atomic E-state index is 0. The van der Waals surface area contributed by atoms with Gasteiger partial charge in [-0.1, -0.05) is 63.2 Å². The van der Waals surface area contributed by atoms with Gasteiger partial charge in [0.05, 0.1) is 12.0 Å². The van der Waals surface area contributed by atoms with Crippen LogP contribution in [0.2, 0.25) is 5.02 Å². The Kier molecular flexibility index (Phi) is 9.56. The molecule has 8 heteroatoms. The maximum absolute atomic E-state index is 13.2. The van der Waals surface area contributed by atoms with Gasteiger partial charge in [0.25, 0.3) is 0 Å². The lowest BCUT2D eigenvalue weighted by Crippen LogP contribution is -2.53. The van der Waals surface area contributed by atoms with Crippen molar-refractivity contribution in [1.82, 2.24) is 10.2 Å². The van der Waals surface area contributed by atoms with E-state index in [0.717, 1.165) is 18.9 Å². The first-order valence-electron chi connectivity index (χ1n) is 11.0. The molecular formula is C26H32ClF3N2O2. The molecule has 2 amide bonds. The van der Waals surface area contributed by atoms with Crippen molar-refractivity contribution in [2.24, 2.45) is 5.92 Å². The molecular weight excluding hydrogens is 465 g/mol. The lowest BCUT2D eigenvalue weighted by Gasteiger charge is -2.35. The summed E-state index contributed by atoms with van der Waals surface area (Å²) in [6.07, 6.45) is -3.39. The summed E-state index contributed by atoms with van der Waals surface area (Å²) >= 11 is 5.96. The Bertz CT molecular complexity index is 969. The van der Waals surface area contributed by atoms with Gasteiger partial charge in [0, 0.05) is 18.1 Å². The van der Waals surface area contributed by atoms with Gasteiger partial charge in [0.1, 0.15) is 6.04 Å². The van der Waals surface area contributed by atoms with Crippen LogP contribution in [-0.4, -0.2) is 35.8 Å². The number of piperidine rings is 1. The maximum atomic E-state index is 13.2. The highest BCUT2D eigenvalue weighted by molar-refractivity contribution is 6.30. The minimum Gasteiger partial charge on any atom is -0.344 e. The van der Waals surface area contributed by atoms with E-state index in [1.165, 1.54) is 23.8 Å². The number of hydrogen-bond acceptors (Lipinski definition) is 2. The van der Waals surface area contributed by atoms with Crippen molar-refractivity contribution in [2.75, 3.05) is 13.1 Å². The molecule has 2 aromatic carbocycles. The smallest absolute Gasteiger partial charge is 0.344 e. The van der Waals surface area contributed by atoms with Gasteiger partial charge in [-0.15, -0.1) is 0 Å². The quantitative estimate of drug-likeness (QED) is 0.526. The molecule has 34 heavy (non-hydrogen) atoms. The van der Waals surface area contributed by atoms with Gasteiger partial charge in [0.2, 0.25) is 11.8 Å². The van der Waals surface area contributed by atoms with Crippen LogP contribution in [0.3, 0.4) is 0 Å². The average Bonchev–Trinajstić information content (AvgIpc) is 2.77. The molecule has 0 unspecified atom stereocenters. The number of benzene rings is 2. The fourth-order valence-corrected chi connectivity index (χ4v) is 4.35. The Morgan fingerprint density at radius 3 is 2.21 bits per heavy atom. The monoisotopic (exact) mass is 496 g/mol. The number of nitrogens with one attached hydrogen (secondary N) is 1. The number of alkyl halides is 3. The molecule has 0 bridgehead atoms. The Morgan fingerprint density at radius 2 is 1.65 bits per heavy atom. The average molecular weight is 497 g/mol. The van der Waals surface area contributed by atoms with Crippen molar-refractivity contribution < 1.29 is 22.8 Å². The predicted molar refractivity (Wildman–Crippen MR) is 129 cm³/mol. The largest absolute Gasteiger partial charge is 0.416 e. The van der Waals surface area contributed by atoms with E-state index < -0.39 is 30.1 Å². The Labute approximate surface area is 204 Å². The summed E-state index contributed by atoms with van der Waals surface area (Å²) in [4.78, 5) is 27.5. The van der Waals surface area contributed by atoms with Gasteiger partial charge < -0.3 is 10.2 Å². The van der Waals surface area contributed by atoms with Gasteiger partial charge in [-0.3, -0.25) is 9.59 Å². The second-order valence-electron chi connectivity index (χ2n) is 8.77. The van der Waals surface area contributed by atoms with Crippen molar-refractivity contribution in [1.29, 1.82) is 0 Å². The number of halogens is 4. The Hall–Kier alpha value is -2.54. The van der Waals surface area contributed by atoms with Gasteiger partial charge in [-0.05, 0) is 54.0 Å². The van der Waals surface area contributed by atoms with Gasteiger partial charge in [-0.25, -0.2) is 0 Å². The molecule has 1 atom stereocenters. The lowest BCUT2D eigenvalue weighted by molar-refractivity contribution is -0.140. The molecule has 0 aliphatic carbocycles. The molecule has 2 aromatic rings. The fourth-order valence-electron chi connectivity index (χ4n) is 4.23. The zero-order valence-corrected chi connectivity index (χ0v) is 19.4. The lowest BCUT2D eigenvalue weighted by atomic mass is 9.89. The van der Waals surface area contributed by atoms with Crippen LogP contribution in [0.15, 0.2) is 48.5 Å². The molecule has 1 aliphatic heterocycles. The summed E-state index contributed by atoms with van der Waals surface area (Å²) in [5.41, 5.74) is 0.238. The topological polar surface area (TPSA) is 49.4 Å². The maximum Gasteiger partial charge on any atom is 0.416 e. The predicted octanol–water partition coefficient (Wildman–Crippen LogP) is 6.08.